The van der Waals surface area contributed by atoms with Crippen LogP contribution in [0.5, 0.6) is 0 Å². The van der Waals surface area contributed by atoms with Crippen molar-refractivity contribution in [1.82, 2.24) is 15.5 Å². The molecule has 9 heteroatoms. The number of non-ortho nitro benzene ring substituents is 1. The molecule has 0 radical (unpaired) electrons. The van der Waals surface area contributed by atoms with Crippen molar-refractivity contribution >= 4 is 23.5 Å². The number of fused-ring (bicyclic) bond motifs is 1. The lowest BCUT2D eigenvalue weighted by Gasteiger charge is -2.17. The number of imide groups is 1. The molecule has 9 nitrogen and oxygen atoms in total. The van der Waals surface area contributed by atoms with Crippen molar-refractivity contribution in [2.45, 2.75) is 51.0 Å². The maximum absolute atomic E-state index is 12.4. The van der Waals surface area contributed by atoms with Crippen LogP contribution in [-0.2, 0) is 0 Å². The van der Waals surface area contributed by atoms with Crippen LogP contribution in [0.25, 0.3) is 0 Å². The first-order chi connectivity index (χ1) is 13.5. The molecule has 3 rings (SSSR count). The van der Waals surface area contributed by atoms with Crippen molar-refractivity contribution in [3.05, 3.63) is 39.4 Å². The van der Waals surface area contributed by atoms with E-state index in [0.717, 1.165) is 36.6 Å². The molecule has 1 aromatic rings. The summed E-state index contributed by atoms with van der Waals surface area (Å²) in [5.74, 6) is -0.996. The van der Waals surface area contributed by atoms with Gasteiger partial charge in [-0.25, -0.2) is 4.79 Å². The van der Waals surface area contributed by atoms with Gasteiger partial charge in [0, 0.05) is 31.3 Å². The second kappa shape index (κ2) is 8.81. The number of urea groups is 1. The lowest BCUT2D eigenvalue weighted by atomic mass is 10.1. The van der Waals surface area contributed by atoms with Crippen molar-refractivity contribution in [2.75, 3.05) is 13.1 Å². The minimum atomic E-state index is -0.600. The zero-order valence-corrected chi connectivity index (χ0v) is 15.6. The summed E-state index contributed by atoms with van der Waals surface area (Å²) in [4.78, 5) is 48.1. The Morgan fingerprint density at radius 2 is 1.79 bits per heavy atom. The minimum Gasteiger partial charge on any atom is -0.338 e. The van der Waals surface area contributed by atoms with Crippen LogP contribution in [0.15, 0.2) is 18.2 Å². The summed E-state index contributed by atoms with van der Waals surface area (Å²) in [5, 5.41) is 16.6. The molecule has 2 N–H and O–H groups in total. The SMILES string of the molecule is O=C(NCCCN1C(=O)c2ccc([N+](=O)[O-])cc2C1=O)NC1CCCCCC1. The van der Waals surface area contributed by atoms with Crippen molar-refractivity contribution in [1.29, 1.82) is 0 Å². The largest absolute Gasteiger partial charge is 0.338 e. The lowest BCUT2D eigenvalue weighted by Crippen LogP contribution is -2.43. The van der Waals surface area contributed by atoms with Crippen LogP contribution in [0.2, 0.25) is 0 Å². The highest BCUT2D eigenvalue weighted by Gasteiger charge is 2.36. The van der Waals surface area contributed by atoms with Gasteiger partial charge in [0.05, 0.1) is 16.1 Å². The summed E-state index contributed by atoms with van der Waals surface area (Å²) >= 11 is 0. The van der Waals surface area contributed by atoms with Crippen LogP contribution < -0.4 is 10.6 Å². The number of rotatable bonds is 6. The van der Waals surface area contributed by atoms with Gasteiger partial charge in [0.2, 0.25) is 0 Å². The molecule has 0 saturated heterocycles. The predicted molar refractivity (Wildman–Crippen MR) is 101 cm³/mol. The third-order valence-corrected chi connectivity index (χ3v) is 5.20. The Hall–Kier alpha value is -2.97. The van der Waals surface area contributed by atoms with Crippen LogP contribution in [0.4, 0.5) is 10.5 Å². The van der Waals surface area contributed by atoms with Crippen molar-refractivity contribution in [3.63, 3.8) is 0 Å². The van der Waals surface area contributed by atoms with Crippen molar-refractivity contribution in [2.24, 2.45) is 0 Å². The van der Waals surface area contributed by atoms with Gasteiger partial charge in [-0.1, -0.05) is 25.7 Å². The van der Waals surface area contributed by atoms with Gasteiger partial charge in [-0.2, -0.15) is 0 Å². The van der Waals surface area contributed by atoms with Crippen LogP contribution >= 0.6 is 0 Å². The number of carbonyl (C=O) groups is 3. The minimum absolute atomic E-state index is 0.0539. The van der Waals surface area contributed by atoms with Gasteiger partial charge in [0.25, 0.3) is 17.5 Å². The summed E-state index contributed by atoms with van der Waals surface area (Å²) in [6.45, 7) is 0.468. The van der Waals surface area contributed by atoms with Gasteiger partial charge in [-0.15, -0.1) is 0 Å². The second-order valence-electron chi connectivity index (χ2n) is 7.19. The number of nitro benzene ring substituents is 1. The Labute approximate surface area is 162 Å². The molecule has 2 aliphatic rings. The molecule has 28 heavy (non-hydrogen) atoms. The van der Waals surface area contributed by atoms with Gasteiger partial charge in [-0.3, -0.25) is 24.6 Å². The van der Waals surface area contributed by atoms with E-state index in [2.05, 4.69) is 10.6 Å². The topological polar surface area (TPSA) is 122 Å². The van der Waals surface area contributed by atoms with Crippen LogP contribution in [0.3, 0.4) is 0 Å². The van der Waals surface area contributed by atoms with Gasteiger partial charge >= 0.3 is 6.03 Å². The lowest BCUT2D eigenvalue weighted by molar-refractivity contribution is -0.384. The number of hydrogen-bond donors (Lipinski definition) is 2. The zero-order chi connectivity index (χ0) is 20.1. The molecule has 0 aromatic heterocycles. The van der Waals surface area contributed by atoms with E-state index in [9.17, 15) is 24.5 Å². The highest BCUT2D eigenvalue weighted by Crippen LogP contribution is 2.26. The van der Waals surface area contributed by atoms with E-state index in [1.165, 1.54) is 25.0 Å². The Morgan fingerprint density at radius 1 is 1.11 bits per heavy atom. The number of hydrogen-bond acceptors (Lipinski definition) is 5. The number of benzene rings is 1. The van der Waals surface area contributed by atoms with Gasteiger partial charge in [-0.05, 0) is 25.3 Å². The molecule has 0 unspecified atom stereocenters. The van der Waals surface area contributed by atoms with E-state index < -0.39 is 16.7 Å². The highest BCUT2D eigenvalue weighted by molar-refractivity contribution is 6.21. The molecule has 1 aromatic carbocycles. The van der Waals surface area contributed by atoms with Crippen LogP contribution in [-0.4, -0.2) is 46.8 Å². The van der Waals surface area contributed by atoms with Crippen LogP contribution in [0.1, 0.15) is 65.7 Å². The fourth-order valence-electron chi connectivity index (χ4n) is 3.69. The maximum atomic E-state index is 12.4. The van der Waals surface area contributed by atoms with Crippen molar-refractivity contribution in [3.8, 4) is 0 Å². The fourth-order valence-corrected chi connectivity index (χ4v) is 3.69. The number of nitrogens with zero attached hydrogens (tertiary/aromatic N) is 2. The first kappa shape index (κ1) is 19.8. The highest BCUT2D eigenvalue weighted by atomic mass is 16.6. The molecule has 0 bridgehead atoms. The van der Waals surface area contributed by atoms with E-state index in [-0.39, 0.29) is 35.4 Å². The molecule has 4 amide bonds. The Balaban J connectivity index is 1.46. The Kier molecular flexibility index (Phi) is 6.23. The van der Waals surface area contributed by atoms with Crippen LogP contribution in [0, 0.1) is 10.1 Å². The van der Waals surface area contributed by atoms with E-state index in [1.807, 2.05) is 0 Å². The van der Waals surface area contributed by atoms with Gasteiger partial charge in [0.15, 0.2) is 0 Å². The first-order valence-corrected chi connectivity index (χ1v) is 9.66. The Morgan fingerprint density at radius 3 is 2.46 bits per heavy atom. The molecule has 1 aliphatic carbocycles. The number of nitro groups is 1. The second-order valence-corrected chi connectivity index (χ2v) is 7.19. The standard InChI is InChI=1S/C19H24N4O5/c24-17-15-9-8-14(23(27)28)12-16(15)18(25)22(17)11-5-10-20-19(26)21-13-6-3-1-2-4-7-13/h8-9,12-13H,1-7,10-11H2,(H2,20,21,26). The molecular weight excluding hydrogens is 364 g/mol. The third-order valence-electron chi connectivity index (χ3n) is 5.20. The Bertz CT molecular complexity index is 787. The normalized spacial score (nSPS) is 17.2. The zero-order valence-electron chi connectivity index (χ0n) is 15.6. The summed E-state index contributed by atoms with van der Waals surface area (Å²) < 4.78 is 0. The van der Waals surface area contributed by atoms with E-state index in [4.69, 9.17) is 0 Å². The molecule has 1 fully saturated rings. The molecule has 1 saturated carbocycles. The molecule has 0 atom stereocenters. The summed E-state index contributed by atoms with van der Waals surface area (Å²) in [5.41, 5.74) is 0.00605. The monoisotopic (exact) mass is 388 g/mol. The quantitative estimate of drug-likeness (QED) is 0.255. The third kappa shape index (κ3) is 4.47. The summed E-state index contributed by atoms with van der Waals surface area (Å²) in [6.07, 6.45) is 7.08. The maximum Gasteiger partial charge on any atom is 0.315 e. The number of amides is 4. The number of nitrogens with one attached hydrogen (secondary N) is 2. The summed E-state index contributed by atoms with van der Waals surface area (Å²) in [6, 6.07) is 3.63. The molecule has 1 heterocycles. The fraction of sp³-hybridized carbons (Fsp3) is 0.526. The van der Waals surface area contributed by atoms with Crippen molar-refractivity contribution < 1.29 is 19.3 Å². The average molecular weight is 388 g/mol. The summed E-state index contributed by atoms with van der Waals surface area (Å²) in [7, 11) is 0. The van der Waals surface area contributed by atoms with E-state index in [0.29, 0.717) is 13.0 Å². The molecule has 150 valence electrons. The molecular formula is C19H24N4O5. The predicted octanol–water partition coefficient (Wildman–Crippen LogP) is 2.60. The first-order valence-electron chi connectivity index (χ1n) is 9.66. The smallest absolute Gasteiger partial charge is 0.315 e. The molecule has 1 aliphatic heterocycles. The van der Waals surface area contributed by atoms with E-state index in [1.54, 1.807) is 0 Å². The van der Waals surface area contributed by atoms with E-state index >= 15 is 0 Å². The average Bonchev–Trinajstić information content (AvgIpc) is 2.85. The van der Waals surface area contributed by atoms with Gasteiger partial charge in [0.1, 0.15) is 0 Å². The number of carbonyl (C=O) groups excluding carboxylic acids is 3. The molecule has 0 spiro atoms. The van der Waals surface area contributed by atoms with Gasteiger partial charge < -0.3 is 10.6 Å².